The fourth-order valence-electron chi connectivity index (χ4n) is 3.61. The van der Waals surface area contributed by atoms with E-state index in [4.69, 9.17) is 0 Å². The van der Waals surface area contributed by atoms with E-state index in [-0.39, 0.29) is 12.1 Å². The Hall–Kier alpha value is -3.51. The van der Waals surface area contributed by atoms with Crippen LogP contribution in [0.3, 0.4) is 0 Å². The van der Waals surface area contributed by atoms with Crippen LogP contribution < -0.4 is 0 Å². The minimum atomic E-state index is -0.710. The van der Waals surface area contributed by atoms with Gasteiger partial charge in [-0.1, -0.05) is 70.5 Å². The maximum atomic E-state index is 13.1. The number of rotatable bonds is 6. The highest BCUT2D eigenvalue weighted by molar-refractivity contribution is 9.10. The number of aromatic nitrogens is 1. The zero-order valence-electron chi connectivity index (χ0n) is 16.5. The van der Waals surface area contributed by atoms with Crippen LogP contribution in [-0.4, -0.2) is 26.7 Å². The molecule has 2 heterocycles. The maximum absolute atomic E-state index is 13.1. The predicted octanol–water partition coefficient (Wildman–Crippen LogP) is 5.02. The number of pyridine rings is 1. The molecule has 0 saturated heterocycles. The van der Waals surface area contributed by atoms with Crippen molar-refractivity contribution in [2.24, 2.45) is 0 Å². The first-order chi connectivity index (χ1) is 15.0. The van der Waals surface area contributed by atoms with Gasteiger partial charge in [-0.2, -0.15) is 0 Å². The average Bonchev–Trinajstić information content (AvgIpc) is 3.04. The molecule has 0 bridgehead atoms. The summed E-state index contributed by atoms with van der Waals surface area (Å²) in [5.41, 5.74) is 2.45. The molecular formula is C25H19BrN2O3. The Balaban J connectivity index is 1.73. The molecule has 0 spiro atoms. The van der Waals surface area contributed by atoms with E-state index >= 15 is 0 Å². The second-order valence-corrected chi connectivity index (χ2v) is 8.04. The first-order valence-electron chi connectivity index (χ1n) is 9.70. The number of ketones is 1. The molecule has 0 radical (unpaired) electrons. The molecule has 5 nitrogen and oxygen atoms in total. The van der Waals surface area contributed by atoms with Crippen molar-refractivity contribution in [2.75, 3.05) is 0 Å². The molecule has 31 heavy (non-hydrogen) atoms. The van der Waals surface area contributed by atoms with Crippen LogP contribution in [0.25, 0.3) is 6.08 Å². The molecule has 154 valence electrons. The van der Waals surface area contributed by atoms with Crippen LogP contribution in [0.2, 0.25) is 0 Å². The van der Waals surface area contributed by atoms with E-state index in [1.165, 1.54) is 11.0 Å². The normalized spacial score (nSPS) is 16.4. The Morgan fingerprint density at radius 1 is 1.10 bits per heavy atom. The lowest BCUT2D eigenvalue weighted by Crippen LogP contribution is -2.30. The van der Waals surface area contributed by atoms with Crippen LogP contribution in [-0.2, 0) is 16.1 Å². The van der Waals surface area contributed by atoms with E-state index in [1.54, 1.807) is 24.5 Å². The van der Waals surface area contributed by atoms with Gasteiger partial charge in [0.05, 0.1) is 11.6 Å². The molecule has 1 amide bonds. The Kier molecular flexibility index (Phi) is 6.09. The molecule has 2 aromatic carbocycles. The summed E-state index contributed by atoms with van der Waals surface area (Å²) >= 11 is 3.45. The van der Waals surface area contributed by atoms with Gasteiger partial charge in [0.2, 0.25) is 0 Å². The number of aliphatic hydroxyl groups is 1. The van der Waals surface area contributed by atoms with Gasteiger partial charge in [0.25, 0.3) is 5.91 Å². The highest BCUT2D eigenvalue weighted by Crippen LogP contribution is 2.39. The fraction of sp³-hybridized carbons (Fsp3) is 0.0800. The molecule has 0 saturated carbocycles. The summed E-state index contributed by atoms with van der Waals surface area (Å²) in [6.45, 7) is 0.215. The van der Waals surface area contributed by atoms with Crippen LogP contribution >= 0.6 is 15.9 Å². The standard InChI is InChI=1S/C25H19BrN2O3/c26-20-10-4-9-19(14-20)23-22(21(29)12-11-17-6-2-1-3-7-17)24(30)25(31)28(23)16-18-8-5-13-27-15-18/h1-15,23,30H,16H2. The number of allylic oxidation sites excluding steroid dienone is 1. The summed E-state index contributed by atoms with van der Waals surface area (Å²) in [6, 6.07) is 19.7. The molecule has 1 atom stereocenters. The molecule has 1 aliphatic heterocycles. The summed E-state index contributed by atoms with van der Waals surface area (Å²) in [5, 5.41) is 10.7. The Morgan fingerprint density at radius 2 is 1.90 bits per heavy atom. The lowest BCUT2D eigenvalue weighted by Gasteiger charge is -2.26. The number of carbonyl (C=O) groups is 2. The number of halogens is 1. The topological polar surface area (TPSA) is 70.5 Å². The Bertz CT molecular complexity index is 1170. The minimum Gasteiger partial charge on any atom is -0.503 e. The SMILES string of the molecule is O=C(C=Cc1ccccc1)C1=C(O)C(=O)N(Cc2cccnc2)C1c1cccc(Br)c1. The number of amides is 1. The summed E-state index contributed by atoms with van der Waals surface area (Å²) in [6.07, 6.45) is 6.39. The van der Waals surface area contributed by atoms with Crippen LogP contribution in [0.4, 0.5) is 0 Å². The van der Waals surface area contributed by atoms with Gasteiger partial charge in [0.15, 0.2) is 11.5 Å². The number of hydrogen-bond donors (Lipinski definition) is 1. The number of benzene rings is 2. The molecule has 0 aliphatic carbocycles. The van der Waals surface area contributed by atoms with Crippen molar-refractivity contribution < 1.29 is 14.7 Å². The third-order valence-corrected chi connectivity index (χ3v) is 5.53. The lowest BCUT2D eigenvalue weighted by atomic mass is 9.95. The molecule has 1 aliphatic rings. The second-order valence-electron chi connectivity index (χ2n) is 7.12. The van der Waals surface area contributed by atoms with Gasteiger partial charge in [-0.25, -0.2) is 0 Å². The van der Waals surface area contributed by atoms with Crippen molar-refractivity contribution in [3.8, 4) is 0 Å². The molecular weight excluding hydrogens is 456 g/mol. The molecule has 1 unspecified atom stereocenters. The molecule has 6 heteroatoms. The van der Waals surface area contributed by atoms with Gasteiger partial charge in [-0.15, -0.1) is 0 Å². The lowest BCUT2D eigenvalue weighted by molar-refractivity contribution is -0.130. The summed E-state index contributed by atoms with van der Waals surface area (Å²) < 4.78 is 0.816. The van der Waals surface area contributed by atoms with Crippen molar-refractivity contribution in [3.05, 3.63) is 118 Å². The zero-order valence-corrected chi connectivity index (χ0v) is 18.1. The zero-order chi connectivity index (χ0) is 21.8. The number of carbonyl (C=O) groups excluding carboxylic acids is 2. The van der Waals surface area contributed by atoms with E-state index in [2.05, 4.69) is 20.9 Å². The van der Waals surface area contributed by atoms with E-state index in [0.717, 1.165) is 21.2 Å². The predicted molar refractivity (Wildman–Crippen MR) is 122 cm³/mol. The molecule has 3 aromatic rings. The first-order valence-corrected chi connectivity index (χ1v) is 10.5. The average molecular weight is 475 g/mol. The fourth-order valence-corrected chi connectivity index (χ4v) is 4.02. The Labute approximate surface area is 188 Å². The van der Waals surface area contributed by atoms with Crippen molar-refractivity contribution in [1.82, 2.24) is 9.88 Å². The molecule has 0 fully saturated rings. The summed E-state index contributed by atoms with van der Waals surface area (Å²) in [4.78, 5) is 31.7. The van der Waals surface area contributed by atoms with E-state index in [9.17, 15) is 14.7 Å². The monoisotopic (exact) mass is 474 g/mol. The minimum absolute atomic E-state index is 0.0687. The van der Waals surface area contributed by atoms with Crippen molar-refractivity contribution in [3.63, 3.8) is 0 Å². The highest BCUT2D eigenvalue weighted by atomic mass is 79.9. The third-order valence-electron chi connectivity index (χ3n) is 5.04. The maximum Gasteiger partial charge on any atom is 0.290 e. The quantitative estimate of drug-likeness (QED) is 0.509. The number of aliphatic hydroxyl groups excluding tert-OH is 1. The molecule has 1 N–H and O–H groups in total. The van der Waals surface area contributed by atoms with Gasteiger partial charge in [0, 0.05) is 23.4 Å². The van der Waals surface area contributed by atoms with Gasteiger partial charge in [-0.3, -0.25) is 14.6 Å². The smallest absolute Gasteiger partial charge is 0.290 e. The van der Waals surface area contributed by atoms with Gasteiger partial charge in [0.1, 0.15) is 0 Å². The van der Waals surface area contributed by atoms with Crippen molar-refractivity contribution in [1.29, 1.82) is 0 Å². The molecule has 4 rings (SSSR count). The van der Waals surface area contributed by atoms with E-state index < -0.39 is 23.5 Å². The highest BCUT2D eigenvalue weighted by Gasteiger charge is 2.42. The van der Waals surface area contributed by atoms with Gasteiger partial charge in [-0.05, 0) is 41.0 Å². The Morgan fingerprint density at radius 3 is 2.61 bits per heavy atom. The van der Waals surface area contributed by atoms with Crippen LogP contribution in [0.1, 0.15) is 22.7 Å². The van der Waals surface area contributed by atoms with Crippen LogP contribution in [0.15, 0.2) is 101 Å². The van der Waals surface area contributed by atoms with E-state index in [0.29, 0.717) is 0 Å². The second kappa shape index (κ2) is 9.10. The van der Waals surface area contributed by atoms with Crippen LogP contribution in [0.5, 0.6) is 0 Å². The first kappa shape index (κ1) is 20.8. The third kappa shape index (κ3) is 4.49. The van der Waals surface area contributed by atoms with Crippen molar-refractivity contribution >= 4 is 33.7 Å². The van der Waals surface area contributed by atoms with Crippen molar-refractivity contribution in [2.45, 2.75) is 12.6 Å². The summed E-state index contributed by atoms with van der Waals surface area (Å²) in [5.74, 6) is -1.50. The van der Waals surface area contributed by atoms with Crippen LogP contribution in [0, 0.1) is 0 Å². The number of hydrogen-bond acceptors (Lipinski definition) is 4. The van der Waals surface area contributed by atoms with Gasteiger partial charge >= 0.3 is 0 Å². The summed E-state index contributed by atoms with van der Waals surface area (Å²) in [7, 11) is 0. The largest absolute Gasteiger partial charge is 0.503 e. The van der Waals surface area contributed by atoms with E-state index in [1.807, 2.05) is 60.7 Å². The molecule has 1 aromatic heterocycles. The number of nitrogens with zero attached hydrogens (tertiary/aromatic N) is 2. The van der Waals surface area contributed by atoms with Gasteiger partial charge < -0.3 is 10.0 Å².